The molecule has 2 rings (SSSR count). The first-order valence-corrected chi connectivity index (χ1v) is 12.0. The summed E-state index contributed by atoms with van der Waals surface area (Å²) in [5, 5.41) is 0. The van der Waals surface area contributed by atoms with Crippen LogP contribution in [0.1, 0.15) is 58.3 Å². The van der Waals surface area contributed by atoms with Crippen molar-refractivity contribution in [2.24, 2.45) is 11.8 Å². The molecule has 1 aromatic carbocycles. The van der Waals surface area contributed by atoms with Gasteiger partial charge < -0.3 is 23.7 Å². The Morgan fingerprint density at radius 1 is 0.853 bits per heavy atom. The fourth-order valence-corrected chi connectivity index (χ4v) is 3.65. The lowest BCUT2D eigenvalue weighted by atomic mass is 9.82. The van der Waals surface area contributed by atoms with Crippen LogP contribution in [0.5, 0.6) is 11.5 Å². The molecule has 1 fully saturated rings. The normalized spacial score (nSPS) is 17.4. The van der Waals surface area contributed by atoms with Crippen LogP contribution in [0.3, 0.4) is 0 Å². The zero-order chi connectivity index (χ0) is 24.6. The Balaban J connectivity index is 1.59. The molecule has 1 aromatic rings. The lowest BCUT2D eigenvalue weighted by Crippen LogP contribution is -2.29. The van der Waals surface area contributed by atoms with Crippen LogP contribution in [0.2, 0.25) is 0 Å². The summed E-state index contributed by atoms with van der Waals surface area (Å²) in [6.45, 7) is 6.66. The first kappa shape index (κ1) is 27.4. The lowest BCUT2D eigenvalue weighted by molar-refractivity contribution is -0.163. The molecule has 0 amide bonds. The Bertz CT molecular complexity index is 766. The second kappa shape index (κ2) is 15.9. The highest BCUT2D eigenvalue weighted by atomic mass is 16.7. The summed E-state index contributed by atoms with van der Waals surface area (Å²) in [5.41, 5.74) is 0. The SMILES string of the molecule is C=CC(=O)OCCCCCCOc1ccc(OC(=O)C2CCC(C(=O)OCOCC)CC2)cc1. The summed E-state index contributed by atoms with van der Waals surface area (Å²) in [6, 6.07) is 7.00. The number of hydrogen-bond acceptors (Lipinski definition) is 8. The molecule has 0 N–H and O–H groups in total. The van der Waals surface area contributed by atoms with Crippen molar-refractivity contribution in [2.45, 2.75) is 58.3 Å². The fourth-order valence-electron chi connectivity index (χ4n) is 3.65. The molecule has 0 heterocycles. The number of carbonyl (C=O) groups is 3. The van der Waals surface area contributed by atoms with Crippen molar-refractivity contribution in [3.05, 3.63) is 36.9 Å². The van der Waals surface area contributed by atoms with Crippen LogP contribution < -0.4 is 9.47 Å². The molecule has 0 unspecified atom stereocenters. The van der Waals surface area contributed by atoms with Gasteiger partial charge in [0.25, 0.3) is 0 Å². The monoisotopic (exact) mass is 476 g/mol. The van der Waals surface area contributed by atoms with E-state index in [0.29, 0.717) is 57.0 Å². The number of rotatable bonds is 15. The van der Waals surface area contributed by atoms with Crippen molar-refractivity contribution in [1.82, 2.24) is 0 Å². The van der Waals surface area contributed by atoms with E-state index >= 15 is 0 Å². The van der Waals surface area contributed by atoms with Gasteiger partial charge in [0.15, 0.2) is 6.79 Å². The van der Waals surface area contributed by atoms with Crippen molar-refractivity contribution in [2.75, 3.05) is 26.6 Å². The zero-order valence-electron chi connectivity index (χ0n) is 20.0. The van der Waals surface area contributed by atoms with Crippen LogP contribution in [0.15, 0.2) is 36.9 Å². The van der Waals surface area contributed by atoms with E-state index in [-0.39, 0.29) is 36.5 Å². The number of hydrogen-bond donors (Lipinski definition) is 0. The van der Waals surface area contributed by atoms with E-state index in [1.165, 1.54) is 0 Å². The Hall–Kier alpha value is -2.87. The molecule has 1 aliphatic carbocycles. The van der Waals surface area contributed by atoms with E-state index in [1.54, 1.807) is 24.3 Å². The summed E-state index contributed by atoms with van der Waals surface area (Å²) in [4.78, 5) is 35.4. The third-order valence-corrected chi connectivity index (χ3v) is 5.64. The average Bonchev–Trinajstić information content (AvgIpc) is 2.86. The molecule has 8 nitrogen and oxygen atoms in total. The molecule has 0 radical (unpaired) electrons. The molecule has 0 aromatic heterocycles. The largest absolute Gasteiger partial charge is 0.494 e. The maximum atomic E-state index is 12.5. The molecular formula is C26H36O8. The topological polar surface area (TPSA) is 97.4 Å². The quantitative estimate of drug-likeness (QED) is 0.119. The van der Waals surface area contributed by atoms with Crippen molar-refractivity contribution in [3.63, 3.8) is 0 Å². The van der Waals surface area contributed by atoms with Crippen LogP contribution in [0.4, 0.5) is 0 Å². The highest BCUT2D eigenvalue weighted by molar-refractivity contribution is 5.81. The lowest BCUT2D eigenvalue weighted by Gasteiger charge is -2.25. The van der Waals surface area contributed by atoms with Gasteiger partial charge in [0, 0.05) is 12.7 Å². The molecule has 0 atom stereocenters. The molecule has 188 valence electrons. The van der Waals surface area contributed by atoms with E-state index in [9.17, 15) is 14.4 Å². The van der Waals surface area contributed by atoms with Gasteiger partial charge >= 0.3 is 17.9 Å². The van der Waals surface area contributed by atoms with E-state index in [1.807, 2.05) is 6.92 Å². The number of benzene rings is 1. The van der Waals surface area contributed by atoms with Gasteiger partial charge in [-0.15, -0.1) is 0 Å². The number of ether oxygens (including phenoxy) is 5. The number of unbranched alkanes of at least 4 members (excludes halogenated alkanes) is 3. The summed E-state index contributed by atoms with van der Waals surface area (Å²) in [6.07, 6.45) is 7.24. The maximum absolute atomic E-state index is 12.5. The van der Waals surface area contributed by atoms with Crippen molar-refractivity contribution < 1.29 is 38.1 Å². The molecule has 0 aliphatic heterocycles. The third kappa shape index (κ3) is 10.4. The molecule has 0 bridgehead atoms. The number of esters is 3. The Morgan fingerprint density at radius 3 is 2.06 bits per heavy atom. The van der Waals surface area contributed by atoms with Gasteiger partial charge in [0.05, 0.1) is 25.0 Å². The van der Waals surface area contributed by atoms with Crippen molar-refractivity contribution >= 4 is 17.9 Å². The fraction of sp³-hybridized carbons (Fsp3) is 0.577. The average molecular weight is 477 g/mol. The second-order valence-electron chi connectivity index (χ2n) is 8.15. The van der Waals surface area contributed by atoms with Gasteiger partial charge in [0.2, 0.25) is 0 Å². The third-order valence-electron chi connectivity index (χ3n) is 5.64. The Kier molecular flexibility index (Phi) is 12.8. The number of carbonyl (C=O) groups excluding carboxylic acids is 3. The van der Waals surface area contributed by atoms with Crippen LogP contribution in [0.25, 0.3) is 0 Å². The standard InChI is InChI=1S/C26H36O8/c1-3-24(27)32-18-8-6-5-7-17-31-22-13-15-23(16-14-22)34-26(29)21-11-9-20(10-12-21)25(28)33-19-30-4-2/h3,13-16,20-21H,1,4-12,17-19H2,2H3. The smallest absolute Gasteiger partial charge is 0.330 e. The van der Waals surface area contributed by atoms with E-state index in [0.717, 1.165) is 31.8 Å². The minimum Gasteiger partial charge on any atom is -0.494 e. The maximum Gasteiger partial charge on any atom is 0.330 e. The second-order valence-corrected chi connectivity index (χ2v) is 8.15. The molecule has 0 spiro atoms. The summed E-state index contributed by atoms with van der Waals surface area (Å²) < 4.78 is 26.3. The molecule has 0 saturated heterocycles. The van der Waals surface area contributed by atoms with Crippen LogP contribution >= 0.6 is 0 Å². The van der Waals surface area contributed by atoms with Crippen LogP contribution in [-0.4, -0.2) is 44.5 Å². The predicted molar refractivity (Wildman–Crippen MR) is 125 cm³/mol. The van der Waals surface area contributed by atoms with E-state index in [4.69, 9.17) is 23.7 Å². The summed E-state index contributed by atoms with van der Waals surface area (Å²) >= 11 is 0. The van der Waals surface area contributed by atoms with Crippen molar-refractivity contribution in [1.29, 1.82) is 0 Å². The molecule has 1 saturated carbocycles. The first-order valence-electron chi connectivity index (χ1n) is 12.0. The molecule has 8 heteroatoms. The highest BCUT2D eigenvalue weighted by Gasteiger charge is 2.31. The van der Waals surface area contributed by atoms with E-state index < -0.39 is 0 Å². The van der Waals surface area contributed by atoms with Gasteiger partial charge in [-0.25, -0.2) is 4.79 Å². The van der Waals surface area contributed by atoms with Gasteiger partial charge in [-0.2, -0.15) is 0 Å². The highest BCUT2D eigenvalue weighted by Crippen LogP contribution is 2.31. The van der Waals surface area contributed by atoms with Gasteiger partial charge in [-0.1, -0.05) is 6.58 Å². The zero-order valence-corrected chi connectivity index (χ0v) is 20.0. The van der Waals surface area contributed by atoms with Crippen LogP contribution in [-0.2, 0) is 28.6 Å². The van der Waals surface area contributed by atoms with Crippen LogP contribution in [0, 0.1) is 11.8 Å². The Labute approximate surface area is 201 Å². The molecule has 34 heavy (non-hydrogen) atoms. The van der Waals surface area contributed by atoms with Gasteiger partial charge in [-0.3, -0.25) is 9.59 Å². The van der Waals surface area contributed by atoms with Gasteiger partial charge in [0.1, 0.15) is 11.5 Å². The van der Waals surface area contributed by atoms with Crippen molar-refractivity contribution in [3.8, 4) is 11.5 Å². The summed E-state index contributed by atoms with van der Waals surface area (Å²) in [5.74, 6) is -0.127. The van der Waals surface area contributed by atoms with E-state index in [2.05, 4.69) is 6.58 Å². The minimum absolute atomic E-state index is 0.0218. The molecule has 1 aliphatic rings. The Morgan fingerprint density at radius 2 is 1.44 bits per heavy atom. The predicted octanol–water partition coefficient (Wildman–Crippen LogP) is 4.60. The summed E-state index contributed by atoms with van der Waals surface area (Å²) in [7, 11) is 0. The van der Waals surface area contributed by atoms with Gasteiger partial charge in [-0.05, 0) is 82.6 Å². The minimum atomic E-state index is -0.388. The first-order chi connectivity index (χ1) is 16.5. The molecular weight excluding hydrogens is 440 g/mol.